The molecule has 0 spiro atoms. The second-order valence-electron chi connectivity index (χ2n) is 15.5. The van der Waals surface area contributed by atoms with Gasteiger partial charge in [-0.2, -0.15) is 34.9 Å². The normalized spacial score (nSPS) is 21.7. The highest BCUT2D eigenvalue weighted by atomic mass is 32.2. The molecule has 3 aliphatic rings. The van der Waals surface area contributed by atoms with Crippen LogP contribution in [0.15, 0.2) is 64.3 Å². The van der Waals surface area contributed by atoms with Gasteiger partial charge in [0.2, 0.25) is 5.69 Å². The van der Waals surface area contributed by atoms with E-state index in [1.807, 2.05) is 32.1 Å². The van der Waals surface area contributed by atoms with Gasteiger partial charge in [0, 0.05) is 71.7 Å². The SMILES string of the molecule is CC1=NN(CCCS(=O)(=O)O)/C(=C/C=C/C=C/C2=[N+](CCCCCC(=O)ON3C(=O)CCC3=O)c3ccc(SOOO)cc3C2(C)CCCS(=O)(=O)O)C1(C)CCCS(=O)(=O)O. The third-order valence-corrected chi connectivity index (χ3v) is 13.9. The van der Waals surface area contributed by atoms with Crippen molar-refractivity contribution in [1.82, 2.24) is 10.1 Å². The van der Waals surface area contributed by atoms with Crippen LogP contribution in [0.25, 0.3) is 0 Å². The first-order valence-electron chi connectivity index (χ1n) is 19.7. The number of imide groups is 1. The fourth-order valence-corrected chi connectivity index (χ4v) is 9.61. The number of hydrazone groups is 1. The van der Waals surface area contributed by atoms with Crippen LogP contribution in [0.5, 0.6) is 0 Å². The van der Waals surface area contributed by atoms with Crippen LogP contribution in [0.4, 0.5) is 5.69 Å². The standard InChI is InChI=1S/C38H52N4O16S4/c1-28-37(2,20-10-24-60(47,48)49)33(41(39-28)23-12-26-62(53,54)55)14-7-4-6-13-32-38(3,21-11-25-61(50,51)52)30-27-29(59-58-57-46)16-17-31(30)40(32)22-9-5-8-15-36(45)56-42-34(43)18-19-35(42)44/h4,6-7,13-14,16-17,27H,5,8-12,15,18-26H2,1-3H3,(H3-,46,47,48,49,50,51,52,53,54,55)/p+1. The van der Waals surface area contributed by atoms with E-state index in [0.29, 0.717) is 47.2 Å². The Morgan fingerprint density at radius 3 is 2.08 bits per heavy atom. The number of allylic oxidation sites excluding steroid dienone is 6. The van der Waals surface area contributed by atoms with E-state index in [1.54, 1.807) is 42.3 Å². The molecule has 1 fully saturated rings. The zero-order valence-corrected chi connectivity index (χ0v) is 37.8. The number of rotatable bonds is 25. The molecule has 0 radical (unpaired) electrons. The summed E-state index contributed by atoms with van der Waals surface area (Å²) in [6.07, 6.45) is 11.1. The maximum absolute atomic E-state index is 12.4. The fraction of sp³-hybridized carbons (Fsp3) is 0.553. The molecule has 2 unspecified atom stereocenters. The van der Waals surface area contributed by atoms with Crippen molar-refractivity contribution in [3.05, 3.63) is 59.8 Å². The Bertz CT molecular complexity index is 2330. The van der Waals surface area contributed by atoms with Gasteiger partial charge >= 0.3 is 5.97 Å². The number of carbonyl (C=O) groups excluding carboxylic acids is 3. The quantitative estimate of drug-likeness (QED) is 0.0147. The topological polar surface area (TPSA) is 284 Å². The van der Waals surface area contributed by atoms with E-state index in [4.69, 9.17) is 10.1 Å². The molecule has 1 aromatic carbocycles. The van der Waals surface area contributed by atoms with Crippen LogP contribution in [0, 0.1) is 5.41 Å². The van der Waals surface area contributed by atoms with Gasteiger partial charge in [-0.15, -0.1) is 9.40 Å². The monoisotopic (exact) mass is 949 g/mol. The molecule has 4 N–H and O–H groups in total. The fourth-order valence-electron chi connectivity index (χ4n) is 7.70. The van der Waals surface area contributed by atoms with Crippen molar-refractivity contribution in [2.75, 3.05) is 30.3 Å². The molecule has 3 heterocycles. The lowest BCUT2D eigenvalue weighted by molar-refractivity contribution is -0.438. The number of unbranched alkanes of at least 4 members (excludes halogenated alkanes) is 2. The maximum atomic E-state index is 12.4. The third kappa shape index (κ3) is 14.3. The minimum Gasteiger partial charge on any atom is -0.330 e. The molecule has 1 aromatic rings. The van der Waals surface area contributed by atoms with Crippen LogP contribution in [0.1, 0.15) is 97.0 Å². The van der Waals surface area contributed by atoms with Gasteiger partial charge in [0.05, 0.1) is 34.7 Å². The van der Waals surface area contributed by atoms with E-state index in [0.717, 1.165) is 29.0 Å². The second-order valence-corrected chi connectivity index (χ2v) is 21.0. The largest absolute Gasteiger partial charge is 0.333 e. The van der Waals surface area contributed by atoms with Gasteiger partial charge < -0.3 is 4.84 Å². The molecule has 2 amide bonds. The predicted octanol–water partition coefficient (Wildman–Crippen LogP) is 4.95. The first-order chi connectivity index (χ1) is 29.0. The molecule has 4 rings (SSSR count). The average Bonchev–Trinajstić information content (AvgIpc) is 3.69. The lowest BCUT2D eigenvalue weighted by Gasteiger charge is -2.29. The van der Waals surface area contributed by atoms with Crippen LogP contribution in [-0.4, -0.2) is 118 Å². The summed E-state index contributed by atoms with van der Waals surface area (Å²) in [7, 11) is -12.8. The van der Waals surface area contributed by atoms with Crippen LogP contribution in [0.2, 0.25) is 0 Å². The van der Waals surface area contributed by atoms with Crippen LogP contribution in [-0.2, 0) is 64.4 Å². The molecule has 3 aliphatic heterocycles. The summed E-state index contributed by atoms with van der Waals surface area (Å²) in [5, 5.41) is 19.3. The van der Waals surface area contributed by atoms with Gasteiger partial charge in [-0.3, -0.25) is 28.3 Å². The molecule has 0 bridgehead atoms. The zero-order valence-electron chi connectivity index (χ0n) is 34.5. The third-order valence-electron chi connectivity index (χ3n) is 10.9. The molecule has 20 nitrogen and oxygen atoms in total. The molecular weight excluding hydrogens is 897 g/mol. The van der Waals surface area contributed by atoms with Crippen molar-refractivity contribution in [1.29, 1.82) is 0 Å². The smallest absolute Gasteiger partial charge is 0.330 e. The molecule has 0 aliphatic carbocycles. The molecular formula is C38H53N4O16S4+. The number of hydrogen-bond donors (Lipinski definition) is 4. The Morgan fingerprint density at radius 2 is 1.47 bits per heavy atom. The molecule has 2 atom stereocenters. The highest BCUT2D eigenvalue weighted by Crippen LogP contribution is 2.45. The lowest BCUT2D eigenvalue weighted by atomic mass is 9.76. The van der Waals surface area contributed by atoms with Gasteiger partial charge in [0.25, 0.3) is 42.2 Å². The number of benzene rings is 1. The van der Waals surface area contributed by atoms with Crippen LogP contribution < -0.4 is 0 Å². The minimum atomic E-state index is -4.29. The predicted molar refractivity (Wildman–Crippen MR) is 227 cm³/mol. The van der Waals surface area contributed by atoms with E-state index >= 15 is 0 Å². The summed E-state index contributed by atoms with van der Waals surface area (Å²) < 4.78 is 104. The van der Waals surface area contributed by atoms with Gasteiger partial charge in [-0.05, 0) is 83.9 Å². The number of nitrogens with zero attached hydrogens (tertiary/aromatic N) is 4. The summed E-state index contributed by atoms with van der Waals surface area (Å²) in [6, 6.07) is 5.40. The molecule has 1 saturated heterocycles. The van der Waals surface area contributed by atoms with Gasteiger partial charge in [0.15, 0.2) is 5.71 Å². The van der Waals surface area contributed by atoms with E-state index < -0.39 is 76.2 Å². The Labute approximate surface area is 365 Å². The van der Waals surface area contributed by atoms with Crippen LogP contribution in [0.3, 0.4) is 0 Å². The second kappa shape index (κ2) is 21.7. The van der Waals surface area contributed by atoms with E-state index in [-0.39, 0.29) is 57.9 Å². The van der Waals surface area contributed by atoms with Crippen LogP contribution >= 0.6 is 12.0 Å². The number of amides is 2. The van der Waals surface area contributed by atoms with Crippen molar-refractivity contribution in [2.45, 2.75) is 102 Å². The zero-order chi connectivity index (χ0) is 45.9. The molecule has 24 heteroatoms. The first kappa shape index (κ1) is 50.8. The maximum Gasteiger partial charge on any atom is 0.333 e. The number of hydrogen-bond acceptors (Lipinski definition) is 16. The molecule has 62 heavy (non-hydrogen) atoms. The summed E-state index contributed by atoms with van der Waals surface area (Å²) in [4.78, 5) is 41.6. The average molecular weight is 950 g/mol. The Kier molecular flexibility index (Phi) is 17.8. The lowest BCUT2D eigenvalue weighted by Crippen LogP contribution is -2.32. The summed E-state index contributed by atoms with van der Waals surface area (Å²) in [5.74, 6) is -3.30. The van der Waals surface area contributed by atoms with Crippen molar-refractivity contribution in [3.8, 4) is 0 Å². The van der Waals surface area contributed by atoms with E-state index in [1.165, 1.54) is 0 Å². The molecule has 344 valence electrons. The molecule has 0 aromatic heterocycles. The minimum absolute atomic E-state index is 0.0158. The van der Waals surface area contributed by atoms with Crippen molar-refractivity contribution in [2.24, 2.45) is 10.5 Å². The first-order valence-corrected chi connectivity index (χ1v) is 25.3. The highest BCUT2D eigenvalue weighted by molar-refractivity contribution is 7.94. The van der Waals surface area contributed by atoms with E-state index in [9.17, 15) is 53.3 Å². The number of hydroxylamine groups is 2. The Hall–Kier alpha value is -3.85. The highest BCUT2D eigenvalue weighted by Gasteiger charge is 2.47. The van der Waals surface area contributed by atoms with Gasteiger partial charge in [0.1, 0.15) is 6.54 Å². The molecule has 0 saturated carbocycles. The van der Waals surface area contributed by atoms with Crippen molar-refractivity contribution >= 4 is 77.3 Å². The number of fused-ring (bicyclic) bond motifs is 1. The van der Waals surface area contributed by atoms with Gasteiger partial charge in [-0.25, -0.2) is 10.1 Å². The van der Waals surface area contributed by atoms with Gasteiger partial charge in [-0.1, -0.05) is 23.3 Å². The summed E-state index contributed by atoms with van der Waals surface area (Å²) >= 11 is 0.746. The summed E-state index contributed by atoms with van der Waals surface area (Å²) in [5.41, 5.74) is 1.95. The number of carbonyl (C=O) groups is 3. The Morgan fingerprint density at radius 1 is 0.855 bits per heavy atom. The van der Waals surface area contributed by atoms with E-state index in [2.05, 4.69) is 19.0 Å². The summed E-state index contributed by atoms with van der Waals surface area (Å²) in [6.45, 7) is 6.11. The van der Waals surface area contributed by atoms with Crippen molar-refractivity contribution < 1.29 is 77.3 Å². The van der Waals surface area contributed by atoms with Crippen molar-refractivity contribution in [3.63, 3.8) is 0 Å². The Balaban J connectivity index is 1.65.